The predicted molar refractivity (Wildman–Crippen MR) is 32.5 cm³/mol. The van der Waals surface area contributed by atoms with Gasteiger partial charge in [0.2, 0.25) is 5.91 Å². The van der Waals surface area contributed by atoms with Crippen molar-refractivity contribution in [1.29, 1.82) is 0 Å². The maximum atomic E-state index is 11.5. The van der Waals surface area contributed by atoms with Crippen LogP contribution in [0.1, 0.15) is 13.3 Å². The first-order valence-corrected chi connectivity index (χ1v) is 2.93. The lowest BCUT2D eigenvalue weighted by molar-refractivity contribution is -0.154. The van der Waals surface area contributed by atoms with Gasteiger partial charge in [-0.05, 0) is 6.92 Å². The van der Waals surface area contributed by atoms with Gasteiger partial charge < -0.3 is 11.1 Å². The fourth-order valence-electron chi connectivity index (χ4n) is 0.487. The fraction of sp³-hybridized carbons (Fsp3) is 0.800. The molecule has 1 atom stereocenters. The van der Waals surface area contributed by atoms with E-state index >= 15 is 0 Å². The first-order chi connectivity index (χ1) is 4.81. The van der Waals surface area contributed by atoms with Crippen molar-refractivity contribution in [2.45, 2.75) is 25.7 Å². The number of rotatable bonds is 2. The molecule has 0 spiro atoms. The molecule has 0 aromatic heterocycles. The van der Waals surface area contributed by atoms with E-state index in [-0.39, 0.29) is 0 Å². The van der Waals surface area contributed by atoms with E-state index in [1.807, 2.05) is 5.32 Å². The molecule has 0 aliphatic rings. The average Bonchev–Trinajstić information content (AvgIpc) is 1.53. The summed E-state index contributed by atoms with van der Waals surface area (Å²) < 4.78 is 34.4. The van der Waals surface area contributed by atoms with E-state index in [4.69, 9.17) is 5.73 Å². The van der Waals surface area contributed by atoms with Crippen LogP contribution in [0, 0.1) is 0 Å². The van der Waals surface area contributed by atoms with Crippen LogP contribution in [0.25, 0.3) is 0 Å². The summed E-state index contributed by atoms with van der Waals surface area (Å²) in [6.45, 7) is 1.38. The largest absolute Gasteiger partial charge is 0.397 e. The lowest BCUT2D eigenvalue weighted by atomic mass is 10.4. The second kappa shape index (κ2) is 3.56. The summed E-state index contributed by atoms with van der Waals surface area (Å²) >= 11 is 0. The summed E-state index contributed by atoms with van der Waals surface area (Å²) in [6.07, 6.45) is -6.68. The minimum atomic E-state index is -4.46. The van der Waals surface area contributed by atoms with Crippen molar-refractivity contribution in [3.8, 4) is 0 Å². The Labute approximate surface area is 61.7 Å². The van der Waals surface area contributed by atoms with Crippen LogP contribution in [0.15, 0.2) is 0 Å². The van der Waals surface area contributed by atoms with Crippen molar-refractivity contribution in [3.63, 3.8) is 0 Å². The van der Waals surface area contributed by atoms with Gasteiger partial charge in [0.05, 0.1) is 6.17 Å². The molecule has 0 rings (SSSR count). The van der Waals surface area contributed by atoms with Crippen LogP contribution in [0.5, 0.6) is 0 Å². The van der Waals surface area contributed by atoms with Gasteiger partial charge in [-0.15, -0.1) is 0 Å². The molecule has 0 radical (unpaired) electrons. The highest BCUT2D eigenvalue weighted by molar-refractivity contribution is 5.76. The number of halogens is 3. The molecule has 0 heterocycles. The van der Waals surface area contributed by atoms with E-state index in [2.05, 4.69) is 0 Å². The maximum absolute atomic E-state index is 11.5. The number of hydrogen-bond donors (Lipinski definition) is 2. The van der Waals surface area contributed by atoms with E-state index in [1.54, 1.807) is 0 Å². The van der Waals surface area contributed by atoms with Crippen LogP contribution in [-0.2, 0) is 4.79 Å². The zero-order chi connectivity index (χ0) is 9.07. The van der Waals surface area contributed by atoms with E-state index in [0.29, 0.717) is 0 Å². The Morgan fingerprint density at radius 2 is 2.09 bits per heavy atom. The highest BCUT2D eigenvalue weighted by Gasteiger charge is 2.31. The molecule has 0 aromatic carbocycles. The van der Waals surface area contributed by atoms with Crippen LogP contribution < -0.4 is 11.1 Å². The first-order valence-electron chi connectivity index (χ1n) is 2.93. The predicted octanol–water partition coefficient (Wildman–Crippen LogP) is 0.360. The molecular weight excluding hydrogens is 161 g/mol. The van der Waals surface area contributed by atoms with E-state index in [1.165, 1.54) is 6.92 Å². The number of nitrogens with one attached hydrogen (secondary N) is 1. The van der Waals surface area contributed by atoms with Gasteiger partial charge in [-0.25, -0.2) is 0 Å². The minimum absolute atomic E-state index is 0.746. The summed E-state index contributed by atoms with van der Waals surface area (Å²) in [4.78, 5) is 10.4. The molecule has 0 saturated carbocycles. The monoisotopic (exact) mass is 170 g/mol. The molecule has 0 aliphatic heterocycles. The van der Waals surface area contributed by atoms with Crippen molar-refractivity contribution in [2.75, 3.05) is 0 Å². The number of hydrogen-bond acceptors (Lipinski definition) is 2. The minimum Gasteiger partial charge on any atom is -0.341 e. The molecule has 0 aliphatic carbocycles. The van der Waals surface area contributed by atoms with Crippen LogP contribution >= 0.6 is 0 Å². The second-order valence-corrected chi connectivity index (χ2v) is 2.15. The number of carbonyl (C=O) groups is 1. The summed E-state index contributed by atoms with van der Waals surface area (Å²) in [5.74, 6) is -1.10. The Balaban J connectivity index is 3.71. The quantitative estimate of drug-likeness (QED) is 0.588. The molecule has 6 heteroatoms. The second-order valence-electron chi connectivity index (χ2n) is 2.15. The number of amides is 1. The number of alkyl halides is 3. The van der Waals surface area contributed by atoms with Crippen molar-refractivity contribution in [3.05, 3.63) is 0 Å². The highest BCUT2D eigenvalue weighted by atomic mass is 19.4. The van der Waals surface area contributed by atoms with Gasteiger partial charge in [0.1, 0.15) is 6.42 Å². The van der Waals surface area contributed by atoms with Crippen molar-refractivity contribution in [1.82, 2.24) is 5.32 Å². The molecule has 11 heavy (non-hydrogen) atoms. The van der Waals surface area contributed by atoms with Gasteiger partial charge >= 0.3 is 6.18 Å². The summed E-state index contributed by atoms with van der Waals surface area (Å²) in [5, 5.41) is 1.92. The molecule has 0 unspecified atom stereocenters. The standard InChI is InChI=1S/C5H9F3N2O/c1-3(9)10-4(11)2-5(6,7)8/h3H,2,9H2,1H3,(H,10,11)/t3-/m0/s1. The van der Waals surface area contributed by atoms with Gasteiger partial charge in [0, 0.05) is 0 Å². The Bertz CT molecular complexity index is 143. The molecule has 66 valence electrons. The van der Waals surface area contributed by atoms with Crippen LogP contribution in [-0.4, -0.2) is 18.2 Å². The molecule has 3 N–H and O–H groups in total. The Morgan fingerprint density at radius 3 is 2.36 bits per heavy atom. The maximum Gasteiger partial charge on any atom is 0.397 e. The average molecular weight is 170 g/mol. The first kappa shape index (κ1) is 10.2. The van der Waals surface area contributed by atoms with E-state index in [0.717, 1.165) is 0 Å². The van der Waals surface area contributed by atoms with Gasteiger partial charge in [0.15, 0.2) is 0 Å². The number of carbonyl (C=O) groups excluding carboxylic acids is 1. The molecular formula is C5H9F3N2O. The Hall–Kier alpha value is -0.780. The third-order valence-corrected chi connectivity index (χ3v) is 0.750. The SMILES string of the molecule is C[C@@H](N)NC(=O)CC(F)(F)F. The van der Waals surface area contributed by atoms with Gasteiger partial charge in [-0.3, -0.25) is 4.79 Å². The van der Waals surface area contributed by atoms with Crippen molar-refractivity contribution < 1.29 is 18.0 Å². The molecule has 0 aromatic rings. The lowest BCUT2D eigenvalue weighted by Crippen LogP contribution is -2.40. The van der Waals surface area contributed by atoms with Gasteiger partial charge in [-0.1, -0.05) is 0 Å². The molecule has 1 amide bonds. The molecule has 3 nitrogen and oxygen atoms in total. The van der Waals surface area contributed by atoms with Crippen LogP contribution in [0.2, 0.25) is 0 Å². The molecule has 0 saturated heterocycles. The third kappa shape index (κ3) is 7.11. The highest BCUT2D eigenvalue weighted by Crippen LogP contribution is 2.18. The normalized spacial score (nSPS) is 14.3. The third-order valence-electron chi connectivity index (χ3n) is 0.750. The Morgan fingerprint density at radius 1 is 1.64 bits per heavy atom. The number of nitrogens with two attached hydrogens (primary N) is 1. The fourth-order valence-corrected chi connectivity index (χ4v) is 0.487. The van der Waals surface area contributed by atoms with Crippen LogP contribution in [0.4, 0.5) is 13.2 Å². The zero-order valence-electron chi connectivity index (χ0n) is 5.90. The smallest absolute Gasteiger partial charge is 0.341 e. The van der Waals surface area contributed by atoms with E-state index in [9.17, 15) is 18.0 Å². The van der Waals surface area contributed by atoms with Crippen LogP contribution in [0.3, 0.4) is 0 Å². The zero-order valence-corrected chi connectivity index (χ0v) is 5.90. The van der Waals surface area contributed by atoms with Crippen molar-refractivity contribution in [2.24, 2.45) is 5.73 Å². The molecule has 0 bridgehead atoms. The summed E-state index contributed by atoms with van der Waals surface area (Å²) in [7, 11) is 0. The topological polar surface area (TPSA) is 55.1 Å². The Kier molecular flexibility index (Phi) is 3.31. The lowest BCUT2D eigenvalue weighted by Gasteiger charge is -2.09. The summed E-state index contributed by atoms with van der Waals surface area (Å²) in [6, 6.07) is 0. The van der Waals surface area contributed by atoms with Gasteiger partial charge in [0.25, 0.3) is 0 Å². The molecule has 0 fully saturated rings. The van der Waals surface area contributed by atoms with Crippen molar-refractivity contribution >= 4 is 5.91 Å². The van der Waals surface area contributed by atoms with E-state index < -0.39 is 24.7 Å². The summed E-state index contributed by atoms with van der Waals surface area (Å²) in [5.41, 5.74) is 5.01. The van der Waals surface area contributed by atoms with Gasteiger partial charge in [-0.2, -0.15) is 13.2 Å².